The highest BCUT2D eigenvalue weighted by molar-refractivity contribution is 7.99. The summed E-state index contributed by atoms with van der Waals surface area (Å²) in [5, 5.41) is 3.62. The maximum absolute atomic E-state index is 3.62. The van der Waals surface area contributed by atoms with Crippen molar-refractivity contribution in [3.63, 3.8) is 0 Å². The highest BCUT2D eigenvalue weighted by atomic mass is 32.2. The summed E-state index contributed by atoms with van der Waals surface area (Å²) in [5.74, 6) is 3.82. The lowest BCUT2D eigenvalue weighted by atomic mass is 9.99. The van der Waals surface area contributed by atoms with Crippen molar-refractivity contribution in [2.24, 2.45) is 5.92 Å². The maximum atomic E-state index is 3.62. The van der Waals surface area contributed by atoms with Gasteiger partial charge in [-0.3, -0.25) is 0 Å². The largest absolute Gasteiger partial charge is 0.317 e. The molecule has 0 unspecified atom stereocenters. The predicted octanol–water partition coefficient (Wildman–Crippen LogP) is 2.60. The van der Waals surface area contributed by atoms with Crippen molar-refractivity contribution >= 4 is 11.8 Å². The highest BCUT2D eigenvalue weighted by Gasteiger charge is 2.13. The summed E-state index contributed by atoms with van der Waals surface area (Å²) in [6.07, 6.45) is 8.51. The molecule has 2 aliphatic heterocycles. The third-order valence-corrected chi connectivity index (χ3v) is 5.15. The van der Waals surface area contributed by atoms with E-state index in [9.17, 15) is 0 Å². The molecule has 17 heavy (non-hydrogen) atoms. The van der Waals surface area contributed by atoms with Gasteiger partial charge >= 0.3 is 0 Å². The first-order chi connectivity index (χ1) is 8.45. The van der Waals surface area contributed by atoms with Crippen molar-refractivity contribution in [1.29, 1.82) is 0 Å². The summed E-state index contributed by atoms with van der Waals surface area (Å²) in [6.45, 7) is 6.47. The molecule has 0 aliphatic carbocycles. The average Bonchev–Trinajstić information content (AvgIpc) is 2.88. The third-order valence-electron chi connectivity index (χ3n) is 4.10. The Morgan fingerprint density at radius 1 is 1.06 bits per heavy atom. The summed E-state index contributed by atoms with van der Waals surface area (Å²) in [6, 6.07) is 0. The fraction of sp³-hybridized carbons (Fsp3) is 1.00. The van der Waals surface area contributed by atoms with E-state index >= 15 is 0 Å². The second-order valence-corrected chi connectivity index (χ2v) is 6.72. The van der Waals surface area contributed by atoms with Crippen molar-refractivity contribution in [3.8, 4) is 0 Å². The number of rotatable bonds is 7. The third kappa shape index (κ3) is 5.62. The zero-order valence-electron chi connectivity index (χ0n) is 11.1. The van der Waals surface area contributed by atoms with Gasteiger partial charge in [0.2, 0.25) is 0 Å². The second kappa shape index (κ2) is 8.39. The average molecular weight is 256 g/mol. The topological polar surface area (TPSA) is 15.3 Å². The Kier molecular flexibility index (Phi) is 6.76. The molecule has 100 valence electrons. The molecule has 3 heteroatoms. The van der Waals surface area contributed by atoms with E-state index in [4.69, 9.17) is 0 Å². The molecule has 0 aromatic rings. The smallest absolute Gasteiger partial charge is 0.000664 e. The first kappa shape index (κ1) is 13.7. The van der Waals surface area contributed by atoms with Gasteiger partial charge in [0.05, 0.1) is 0 Å². The number of likely N-dealkylation sites (tertiary alicyclic amines) is 1. The van der Waals surface area contributed by atoms with Gasteiger partial charge in [-0.05, 0) is 88.7 Å². The summed E-state index contributed by atoms with van der Waals surface area (Å²) in [5.41, 5.74) is 0. The summed E-state index contributed by atoms with van der Waals surface area (Å²) >= 11 is 2.13. The number of thioether (sulfide) groups is 1. The van der Waals surface area contributed by atoms with Crippen LogP contribution in [0.15, 0.2) is 0 Å². The van der Waals surface area contributed by atoms with Gasteiger partial charge in [-0.15, -0.1) is 0 Å². The molecular formula is C14H28N2S. The van der Waals surface area contributed by atoms with E-state index in [1.807, 2.05) is 0 Å². The zero-order chi connectivity index (χ0) is 11.8. The molecular weight excluding hydrogens is 228 g/mol. The number of hydrogen-bond acceptors (Lipinski definition) is 3. The van der Waals surface area contributed by atoms with E-state index in [2.05, 4.69) is 22.0 Å². The number of nitrogens with zero attached hydrogens (tertiary/aromatic N) is 1. The van der Waals surface area contributed by atoms with Crippen LogP contribution in [0.5, 0.6) is 0 Å². The van der Waals surface area contributed by atoms with Crippen LogP contribution >= 0.6 is 11.8 Å². The molecule has 0 amide bonds. The van der Waals surface area contributed by atoms with Gasteiger partial charge < -0.3 is 10.2 Å². The first-order valence-electron chi connectivity index (χ1n) is 7.46. The maximum Gasteiger partial charge on any atom is -0.000664 e. The quantitative estimate of drug-likeness (QED) is 0.705. The van der Waals surface area contributed by atoms with Gasteiger partial charge in [-0.25, -0.2) is 0 Å². The Balaban J connectivity index is 1.38. The standard InChI is InChI=1S/C14H28N2S/c1-2-10-16(9-1)11-3-7-15-8-4-14-5-12-17-13-6-14/h14-15H,1-13H2. The van der Waals surface area contributed by atoms with Crippen LogP contribution in [0, 0.1) is 5.92 Å². The Hall–Kier alpha value is 0.270. The van der Waals surface area contributed by atoms with Crippen LogP contribution < -0.4 is 5.32 Å². The van der Waals surface area contributed by atoms with Gasteiger partial charge in [0.15, 0.2) is 0 Å². The molecule has 2 saturated heterocycles. The lowest BCUT2D eigenvalue weighted by molar-refractivity contribution is 0.329. The van der Waals surface area contributed by atoms with E-state index in [-0.39, 0.29) is 0 Å². The lowest BCUT2D eigenvalue weighted by Gasteiger charge is -2.21. The molecule has 0 saturated carbocycles. The van der Waals surface area contributed by atoms with Crippen LogP contribution in [0.4, 0.5) is 0 Å². The Bertz CT molecular complexity index is 187. The van der Waals surface area contributed by atoms with Crippen LogP contribution in [-0.4, -0.2) is 49.1 Å². The van der Waals surface area contributed by atoms with Crippen LogP contribution in [0.25, 0.3) is 0 Å². The van der Waals surface area contributed by atoms with Gasteiger partial charge in [-0.1, -0.05) is 0 Å². The van der Waals surface area contributed by atoms with Crippen LogP contribution in [0.2, 0.25) is 0 Å². The van der Waals surface area contributed by atoms with Gasteiger partial charge in [0.1, 0.15) is 0 Å². The van der Waals surface area contributed by atoms with E-state index in [0.29, 0.717) is 0 Å². The molecule has 0 spiro atoms. The first-order valence-corrected chi connectivity index (χ1v) is 8.61. The molecule has 0 aromatic heterocycles. The fourth-order valence-corrected chi connectivity index (χ4v) is 4.10. The highest BCUT2D eigenvalue weighted by Crippen LogP contribution is 2.24. The minimum absolute atomic E-state index is 1.02. The molecule has 0 radical (unpaired) electrons. The van der Waals surface area contributed by atoms with Gasteiger partial charge in [-0.2, -0.15) is 11.8 Å². The molecule has 0 atom stereocenters. The Morgan fingerprint density at radius 3 is 2.59 bits per heavy atom. The molecule has 2 rings (SSSR count). The lowest BCUT2D eigenvalue weighted by Crippen LogP contribution is -2.26. The van der Waals surface area contributed by atoms with Crippen molar-refractivity contribution < 1.29 is 0 Å². The van der Waals surface area contributed by atoms with E-state index in [1.165, 1.54) is 82.8 Å². The van der Waals surface area contributed by atoms with E-state index in [1.54, 1.807) is 0 Å². The molecule has 2 aliphatic rings. The van der Waals surface area contributed by atoms with E-state index in [0.717, 1.165) is 5.92 Å². The molecule has 0 aromatic carbocycles. The minimum Gasteiger partial charge on any atom is -0.317 e. The Morgan fingerprint density at radius 2 is 1.82 bits per heavy atom. The molecule has 1 N–H and O–H groups in total. The van der Waals surface area contributed by atoms with Gasteiger partial charge in [0.25, 0.3) is 0 Å². The summed E-state index contributed by atoms with van der Waals surface area (Å²) < 4.78 is 0. The Labute approximate surface area is 111 Å². The second-order valence-electron chi connectivity index (χ2n) is 5.50. The predicted molar refractivity (Wildman–Crippen MR) is 77.8 cm³/mol. The van der Waals surface area contributed by atoms with Crippen molar-refractivity contribution in [3.05, 3.63) is 0 Å². The SMILES string of the molecule is C1CCN(CCCNCCC2CCSCC2)C1. The van der Waals surface area contributed by atoms with Crippen molar-refractivity contribution in [2.75, 3.05) is 44.2 Å². The monoisotopic (exact) mass is 256 g/mol. The molecule has 2 fully saturated rings. The van der Waals surface area contributed by atoms with Crippen LogP contribution in [0.3, 0.4) is 0 Å². The summed E-state index contributed by atoms with van der Waals surface area (Å²) in [4.78, 5) is 2.61. The van der Waals surface area contributed by atoms with Crippen molar-refractivity contribution in [2.45, 2.75) is 38.5 Å². The fourth-order valence-electron chi connectivity index (χ4n) is 2.90. The van der Waals surface area contributed by atoms with Gasteiger partial charge in [0, 0.05) is 0 Å². The van der Waals surface area contributed by atoms with Crippen molar-refractivity contribution in [1.82, 2.24) is 10.2 Å². The minimum atomic E-state index is 1.02. The zero-order valence-corrected chi connectivity index (χ0v) is 11.9. The number of hydrogen-bond donors (Lipinski definition) is 1. The molecule has 2 heterocycles. The normalized spacial score (nSPS) is 23.3. The number of nitrogens with one attached hydrogen (secondary N) is 1. The van der Waals surface area contributed by atoms with Crippen LogP contribution in [-0.2, 0) is 0 Å². The van der Waals surface area contributed by atoms with E-state index < -0.39 is 0 Å². The summed E-state index contributed by atoms with van der Waals surface area (Å²) in [7, 11) is 0. The van der Waals surface area contributed by atoms with Crippen LogP contribution in [0.1, 0.15) is 38.5 Å². The molecule has 0 bridgehead atoms. The molecule has 2 nitrogen and oxygen atoms in total.